The Labute approximate surface area is 96.4 Å². The van der Waals surface area contributed by atoms with E-state index in [0.29, 0.717) is 5.56 Å². The maximum atomic E-state index is 11.9. The van der Waals surface area contributed by atoms with Crippen molar-refractivity contribution in [3.05, 3.63) is 29.8 Å². The Morgan fingerprint density at radius 3 is 2.31 bits per heavy atom. The van der Waals surface area contributed by atoms with Crippen LogP contribution in [0, 0.1) is 12.8 Å². The van der Waals surface area contributed by atoms with Crippen LogP contribution in [0.15, 0.2) is 29.2 Å². The Hall–Kier alpha value is -1.16. The molecule has 0 heterocycles. The number of hydrogen-bond acceptors (Lipinski definition) is 3. The first-order valence-corrected chi connectivity index (χ1v) is 6.81. The average Bonchev–Trinajstić information content (AvgIpc) is 2.17. The number of Topliss-reactive ketones (excluding diaryl/α,β-unsaturated/α-hetero) is 1. The van der Waals surface area contributed by atoms with Gasteiger partial charge in [-0.3, -0.25) is 4.79 Å². The molecule has 0 radical (unpaired) electrons. The number of carbonyl (C=O) groups excluding carboxylic acids is 1. The first kappa shape index (κ1) is 12.9. The van der Waals surface area contributed by atoms with Crippen LogP contribution >= 0.6 is 0 Å². The van der Waals surface area contributed by atoms with Gasteiger partial charge in [-0.2, -0.15) is 0 Å². The summed E-state index contributed by atoms with van der Waals surface area (Å²) < 4.78 is 23.9. The second-order valence-electron chi connectivity index (χ2n) is 4.15. The maximum absolute atomic E-state index is 11.9. The van der Waals surface area contributed by atoms with E-state index in [1.54, 1.807) is 39.0 Å². The second-order valence-corrected chi connectivity index (χ2v) is 6.10. The summed E-state index contributed by atoms with van der Waals surface area (Å²) in [6, 6.07) is 6.71. The van der Waals surface area contributed by atoms with E-state index in [9.17, 15) is 13.2 Å². The molecular formula is C12H16O3S. The molecule has 0 N–H and O–H groups in total. The highest BCUT2D eigenvalue weighted by Crippen LogP contribution is 2.16. The summed E-state index contributed by atoms with van der Waals surface area (Å²) in [6.45, 7) is 5.14. The minimum absolute atomic E-state index is 0.247. The molecule has 88 valence electrons. The average molecular weight is 240 g/mol. The first-order chi connectivity index (χ1) is 7.34. The molecule has 4 heteroatoms. The monoisotopic (exact) mass is 240 g/mol. The van der Waals surface area contributed by atoms with Gasteiger partial charge in [0.2, 0.25) is 0 Å². The zero-order chi connectivity index (χ0) is 12.3. The standard InChI is InChI=1S/C12H16O3S/c1-9(2)11(13)8-16(14,15)12-7-5-4-6-10(12)3/h4-7,9H,8H2,1-3H3. The molecule has 0 aliphatic rings. The van der Waals surface area contributed by atoms with Crippen LogP contribution in [0.5, 0.6) is 0 Å². The van der Waals surface area contributed by atoms with Crippen molar-refractivity contribution in [2.75, 3.05) is 5.75 Å². The van der Waals surface area contributed by atoms with Crippen molar-refractivity contribution >= 4 is 15.6 Å². The van der Waals surface area contributed by atoms with Gasteiger partial charge >= 0.3 is 0 Å². The molecule has 1 aromatic carbocycles. The highest BCUT2D eigenvalue weighted by atomic mass is 32.2. The summed E-state index contributed by atoms with van der Waals surface area (Å²) in [6.07, 6.45) is 0. The minimum Gasteiger partial charge on any atom is -0.298 e. The van der Waals surface area contributed by atoms with Gasteiger partial charge in [0, 0.05) is 5.92 Å². The lowest BCUT2D eigenvalue weighted by molar-refractivity contribution is -0.119. The minimum atomic E-state index is -3.48. The van der Waals surface area contributed by atoms with Crippen molar-refractivity contribution in [1.82, 2.24) is 0 Å². The molecule has 0 aliphatic heterocycles. The molecule has 0 fully saturated rings. The molecule has 0 unspecified atom stereocenters. The molecule has 0 saturated heterocycles. The fourth-order valence-corrected chi connectivity index (χ4v) is 3.04. The lowest BCUT2D eigenvalue weighted by atomic mass is 10.1. The maximum Gasteiger partial charge on any atom is 0.185 e. The SMILES string of the molecule is Cc1ccccc1S(=O)(=O)CC(=O)C(C)C. The van der Waals surface area contributed by atoms with Gasteiger partial charge in [-0.1, -0.05) is 32.0 Å². The molecule has 0 atom stereocenters. The van der Waals surface area contributed by atoms with Crippen molar-refractivity contribution in [3.8, 4) is 0 Å². The Balaban J connectivity index is 3.05. The van der Waals surface area contributed by atoms with Crippen LogP contribution < -0.4 is 0 Å². The lowest BCUT2D eigenvalue weighted by Crippen LogP contribution is -2.21. The van der Waals surface area contributed by atoms with Crippen LogP contribution in [0.2, 0.25) is 0 Å². The summed E-state index contributed by atoms with van der Waals surface area (Å²) >= 11 is 0. The smallest absolute Gasteiger partial charge is 0.185 e. The van der Waals surface area contributed by atoms with Crippen LogP contribution in [0.3, 0.4) is 0 Å². The third kappa shape index (κ3) is 2.92. The molecule has 1 aromatic rings. The van der Waals surface area contributed by atoms with Crippen LogP contribution in [0.25, 0.3) is 0 Å². The Bertz CT molecular complexity index is 487. The third-order valence-corrected chi connectivity index (χ3v) is 4.20. The van der Waals surface area contributed by atoms with E-state index < -0.39 is 15.6 Å². The molecule has 0 saturated carbocycles. The molecule has 0 aliphatic carbocycles. The molecular weight excluding hydrogens is 224 g/mol. The van der Waals surface area contributed by atoms with E-state index in [1.165, 1.54) is 6.07 Å². The van der Waals surface area contributed by atoms with E-state index in [2.05, 4.69) is 0 Å². The van der Waals surface area contributed by atoms with Gasteiger partial charge < -0.3 is 0 Å². The molecule has 3 nitrogen and oxygen atoms in total. The van der Waals surface area contributed by atoms with E-state index in [0.717, 1.165) is 0 Å². The van der Waals surface area contributed by atoms with Gasteiger partial charge in [0.15, 0.2) is 15.6 Å². The zero-order valence-electron chi connectivity index (χ0n) is 9.73. The van der Waals surface area contributed by atoms with Crippen molar-refractivity contribution < 1.29 is 13.2 Å². The van der Waals surface area contributed by atoms with Crippen LogP contribution in [0.1, 0.15) is 19.4 Å². The number of rotatable bonds is 4. The van der Waals surface area contributed by atoms with Gasteiger partial charge in [0.05, 0.1) is 4.90 Å². The number of benzene rings is 1. The van der Waals surface area contributed by atoms with Crippen molar-refractivity contribution in [3.63, 3.8) is 0 Å². The zero-order valence-corrected chi connectivity index (χ0v) is 10.5. The number of hydrogen-bond donors (Lipinski definition) is 0. The normalized spacial score (nSPS) is 11.8. The van der Waals surface area contributed by atoms with Gasteiger partial charge in [0.25, 0.3) is 0 Å². The number of ketones is 1. The van der Waals surface area contributed by atoms with Gasteiger partial charge in [0.1, 0.15) is 5.75 Å². The van der Waals surface area contributed by atoms with Gasteiger partial charge in [-0.15, -0.1) is 0 Å². The van der Waals surface area contributed by atoms with E-state index in [-0.39, 0.29) is 16.6 Å². The summed E-state index contributed by atoms with van der Waals surface area (Å²) in [5.74, 6) is -0.905. The van der Waals surface area contributed by atoms with Crippen molar-refractivity contribution in [1.29, 1.82) is 0 Å². The Kier molecular flexibility index (Phi) is 3.86. The fraction of sp³-hybridized carbons (Fsp3) is 0.417. The quantitative estimate of drug-likeness (QED) is 0.808. The highest BCUT2D eigenvalue weighted by Gasteiger charge is 2.22. The van der Waals surface area contributed by atoms with Gasteiger partial charge in [-0.25, -0.2) is 8.42 Å². The summed E-state index contributed by atoms with van der Waals surface area (Å²) in [7, 11) is -3.48. The van der Waals surface area contributed by atoms with Gasteiger partial charge in [-0.05, 0) is 18.6 Å². The Morgan fingerprint density at radius 1 is 1.25 bits per heavy atom. The third-order valence-electron chi connectivity index (χ3n) is 2.40. The second kappa shape index (κ2) is 4.78. The molecule has 1 rings (SSSR count). The molecule has 0 aromatic heterocycles. The first-order valence-electron chi connectivity index (χ1n) is 5.15. The molecule has 16 heavy (non-hydrogen) atoms. The number of sulfone groups is 1. The lowest BCUT2D eigenvalue weighted by Gasteiger charge is -2.08. The summed E-state index contributed by atoms with van der Waals surface area (Å²) in [4.78, 5) is 11.7. The fourth-order valence-electron chi connectivity index (χ4n) is 1.34. The number of carbonyl (C=O) groups is 1. The molecule has 0 spiro atoms. The van der Waals surface area contributed by atoms with Crippen LogP contribution in [0.4, 0.5) is 0 Å². The largest absolute Gasteiger partial charge is 0.298 e. The van der Waals surface area contributed by atoms with Crippen LogP contribution in [-0.2, 0) is 14.6 Å². The predicted molar refractivity (Wildman–Crippen MR) is 63.1 cm³/mol. The van der Waals surface area contributed by atoms with Crippen molar-refractivity contribution in [2.45, 2.75) is 25.7 Å². The topological polar surface area (TPSA) is 51.2 Å². The van der Waals surface area contributed by atoms with E-state index >= 15 is 0 Å². The number of aryl methyl sites for hydroxylation is 1. The van der Waals surface area contributed by atoms with Crippen molar-refractivity contribution in [2.24, 2.45) is 5.92 Å². The predicted octanol–water partition coefficient (Wildman–Crippen LogP) is 1.99. The molecule has 0 amide bonds. The summed E-state index contributed by atoms with van der Waals surface area (Å²) in [5.41, 5.74) is 0.680. The van der Waals surface area contributed by atoms with E-state index in [1.807, 2.05) is 0 Å². The van der Waals surface area contributed by atoms with E-state index in [4.69, 9.17) is 0 Å². The highest BCUT2D eigenvalue weighted by molar-refractivity contribution is 7.92. The van der Waals surface area contributed by atoms with Crippen LogP contribution in [-0.4, -0.2) is 20.0 Å². The Morgan fingerprint density at radius 2 is 1.81 bits per heavy atom. The molecule has 0 bridgehead atoms. The summed E-state index contributed by atoms with van der Waals surface area (Å²) in [5, 5.41) is 0.